The molecule has 1 aromatic rings. The van der Waals surface area contributed by atoms with Crippen molar-refractivity contribution in [1.29, 1.82) is 0 Å². The van der Waals surface area contributed by atoms with Gasteiger partial charge in [0.2, 0.25) is 0 Å². The van der Waals surface area contributed by atoms with Gasteiger partial charge in [0.1, 0.15) is 0 Å². The minimum atomic E-state index is -1.84. The fourth-order valence-electron chi connectivity index (χ4n) is 1.51. The first-order chi connectivity index (χ1) is 8.07. The monoisotopic (exact) mass is 231 g/mol. The Morgan fingerprint density at radius 2 is 1.94 bits per heavy atom. The van der Waals surface area contributed by atoms with E-state index in [2.05, 4.69) is 5.32 Å². The second-order valence-corrected chi connectivity index (χ2v) is 3.90. The number of carbonyl (C=O) groups is 1. The summed E-state index contributed by atoms with van der Waals surface area (Å²) in [4.78, 5) is 11.8. The van der Waals surface area contributed by atoms with Crippen molar-refractivity contribution in [2.45, 2.75) is 12.2 Å². The Morgan fingerprint density at radius 1 is 1.24 bits per heavy atom. The highest BCUT2D eigenvalue weighted by molar-refractivity contribution is 6.05. The van der Waals surface area contributed by atoms with Crippen LogP contribution in [0.25, 0.3) is 0 Å². The smallest absolute Gasteiger partial charge is 0.255 e. The van der Waals surface area contributed by atoms with E-state index in [1.165, 1.54) is 18.2 Å². The molecule has 0 spiro atoms. The van der Waals surface area contributed by atoms with E-state index in [-0.39, 0.29) is 12.3 Å². The highest BCUT2D eigenvalue weighted by atomic mass is 16.5. The summed E-state index contributed by atoms with van der Waals surface area (Å²) in [6.07, 6.45) is 4.12. The molecule has 88 valence electrons. The zero-order valence-corrected chi connectivity index (χ0v) is 9.13. The lowest BCUT2D eigenvalue weighted by atomic mass is 10.0. The Labute approximate surface area is 98.9 Å². The lowest BCUT2D eigenvalue weighted by molar-refractivity contribution is -0.117. The molecule has 0 unspecified atom stereocenters. The molecule has 4 nitrogen and oxygen atoms in total. The second-order valence-electron chi connectivity index (χ2n) is 3.90. The summed E-state index contributed by atoms with van der Waals surface area (Å²) in [6.45, 7) is 0. The third-order valence-corrected chi connectivity index (χ3v) is 2.45. The molecule has 0 bridgehead atoms. The Kier molecular flexibility index (Phi) is 3.08. The van der Waals surface area contributed by atoms with Gasteiger partial charge in [-0.1, -0.05) is 24.3 Å². The summed E-state index contributed by atoms with van der Waals surface area (Å²) in [6, 6.07) is 9.09. The molecule has 0 saturated carbocycles. The van der Waals surface area contributed by atoms with Gasteiger partial charge in [0.05, 0.1) is 0 Å². The number of hydrogen-bond acceptors (Lipinski definition) is 3. The molecule has 0 radical (unpaired) electrons. The van der Waals surface area contributed by atoms with Gasteiger partial charge < -0.3 is 15.5 Å². The zero-order valence-electron chi connectivity index (χ0n) is 9.13. The van der Waals surface area contributed by atoms with E-state index in [0.717, 1.165) is 0 Å². The number of anilines is 1. The molecule has 0 atom stereocenters. The van der Waals surface area contributed by atoms with Crippen molar-refractivity contribution in [3.05, 3.63) is 54.1 Å². The maximum Gasteiger partial charge on any atom is 0.255 e. The number of rotatable bonds is 2. The molecule has 17 heavy (non-hydrogen) atoms. The van der Waals surface area contributed by atoms with Crippen LogP contribution in [0.1, 0.15) is 6.42 Å². The standard InChI is InChI=1S/C13H13NO3/c15-12(14-11-4-2-1-3-5-11)10-6-8-13(16,17)9-7-10/h1-8,16-17H,9H2,(H,14,15). The summed E-state index contributed by atoms with van der Waals surface area (Å²) < 4.78 is 0. The summed E-state index contributed by atoms with van der Waals surface area (Å²) in [5, 5.41) is 21.2. The average Bonchev–Trinajstić information content (AvgIpc) is 2.30. The first kappa shape index (κ1) is 11.6. The van der Waals surface area contributed by atoms with E-state index in [4.69, 9.17) is 0 Å². The van der Waals surface area contributed by atoms with Gasteiger partial charge in [-0.3, -0.25) is 4.79 Å². The molecule has 4 heteroatoms. The number of aliphatic hydroxyl groups is 2. The van der Waals surface area contributed by atoms with E-state index < -0.39 is 5.79 Å². The van der Waals surface area contributed by atoms with Gasteiger partial charge in [-0.15, -0.1) is 0 Å². The molecule has 0 heterocycles. The Morgan fingerprint density at radius 3 is 2.53 bits per heavy atom. The van der Waals surface area contributed by atoms with Crippen LogP contribution in [0.5, 0.6) is 0 Å². The van der Waals surface area contributed by atoms with Crippen molar-refractivity contribution in [2.75, 3.05) is 5.32 Å². The van der Waals surface area contributed by atoms with Crippen LogP contribution in [-0.2, 0) is 4.79 Å². The van der Waals surface area contributed by atoms with Crippen molar-refractivity contribution < 1.29 is 15.0 Å². The molecule has 0 aromatic heterocycles. The maximum absolute atomic E-state index is 11.8. The van der Waals surface area contributed by atoms with Crippen LogP contribution in [-0.4, -0.2) is 21.9 Å². The van der Waals surface area contributed by atoms with Gasteiger partial charge in [0.25, 0.3) is 5.91 Å². The number of nitrogens with one attached hydrogen (secondary N) is 1. The van der Waals surface area contributed by atoms with Gasteiger partial charge in [0, 0.05) is 17.7 Å². The Balaban J connectivity index is 2.04. The van der Waals surface area contributed by atoms with Crippen LogP contribution in [0.3, 0.4) is 0 Å². The van der Waals surface area contributed by atoms with Gasteiger partial charge >= 0.3 is 0 Å². The van der Waals surface area contributed by atoms with Crippen molar-refractivity contribution >= 4 is 11.6 Å². The molecule has 0 saturated heterocycles. The normalized spacial score (nSPS) is 17.4. The summed E-state index contributed by atoms with van der Waals surface area (Å²) in [5.41, 5.74) is 1.13. The molecule has 1 amide bonds. The first-order valence-electron chi connectivity index (χ1n) is 5.27. The number of amides is 1. The molecule has 2 rings (SSSR count). The summed E-state index contributed by atoms with van der Waals surface area (Å²) in [7, 11) is 0. The predicted molar refractivity (Wildman–Crippen MR) is 64.1 cm³/mol. The van der Waals surface area contributed by atoms with E-state index >= 15 is 0 Å². The highest BCUT2D eigenvalue weighted by Gasteiger charge is 2.22. The largest absolute Gasteiger partial charge is 0.362 e. The Bertz CT molecular complexity index is 475. The second kappa shape index (κ2) is 4.53. The van der Waals surface area contributed by atoms with Crippen LogP contribution in [0.4, 0.5) is 5.69 Å². The summed E-state index contributed by atoms with van der Waals surface area (Å²) >= 11 is 0. The van der Waals surface area contributed by atoms with Gasteiger partial charge in [-0.2, -0.15) is 0 Å². The van der Waals surface area contributed by atoms with Gasteiger partial charge in [-0.05, 0) is 24.3 Å². The lowest BCUT2D eigenvalue weighted by Crippen LogP contribution is -2.27. The van der Waals surface area contributed by atoms with E-state index in [9.17, 15) is 15.0 Å². The molecule has 1 aliphatic carbocycles. The zero-order chi connectivity index (χ0) is 12.3. The number of hydrogen-bond donors (Lipinski definition) is 3. The van der Waals surface area contributed by atoms with Gasteiger partial charge in [0.15, 0.2) is 5.79 Å². The third kappa shape index (κ3) is 3.03. The molecule has 1 aliphatic rings. The minimum Gasteiger partial charge on any atom is -0.362 e. The molecular weight excluding hydrogens is 218 g/mol. The highest BCUT2D eigenvalue weighted by Crippen LogP contribution is 2.19. The average molecular weight is 231 g/mol. The van der Waals surface area contributed by atoms with Crippen LogP contribution < -0.4 is 5.32 Å². The van der Waals surface area contributed by atoms with Crippen LogP contribution in [0.2, 0.25) is 0 Å². The fourth-order valence-corrected chi connectivity index (χ4v) is 1.51. The molecule has 1 aromatic carbocycles. The van der Waals surface area contributed by atoms with Crippen LogP contribution in [0, 0.1) is 0 Å². The summed E-state index contributed by atoms with van der Waals surface area (Å²) in [5.74, 6) is -2.10. The quantitative estimate of drug-likeness (QED) is 0.670. The lowest BCUT2D eigenvalue weighted by Gasteiger charge is -2.19. The predicted octanol–water partition coefficient (Wildman–Crippen LogP) is 1.19. The van der Waals surface area contributed by atoms with Gasteiger partial charge in [-0.25, -0.2) is 0 Å². The Hall–Kier alpha value is -1.91. The first-order valence-corrected chi connectivity index (χ1v) is 5.27. The number of para-hydroxylation sites is 1. The molecule has 0 fully saturated rings. The number of carbonyl (C=O) groups excluding carboxylic acids is 1. The molecular formula is C13H13NO3. The third-order valence-electron chi connectivity index (χ3n) is 2.45. The maximum atomic E-state index is 11.8. The van der Waals surface area contributed by atoms with Crippen LogP contribution >= 0.6 is 0 Å². The van der Waals surface area contributed by atoms with Crippen molar-refractivity contribution in [3.63, 3.8) is 0 Å². The molecule has 3 N–H and O–H groups in total. The fraction of sp³-hybridized carbons (Fsp3) is 0.154. The van der Waals surface area contributed by atoms with E-state index in [0.29, 0.717) is 11.3 Å². The van der Waals surface area contributed by atoms with Crippen molar-refractivity contribution in [3.8, 4) is 0 Å². The van der Waals surface area contributed by atoms with Crippen LogP contribution in [0.15, 0.2) is 54.1 Å². The molecule has 0 aliphatic heterocycles. The van der Waals surface area contributed by atoms with E-state index in [1.807, 2.05) is 18.2 Å². The van der Waals surface area contributed by atoms with Crippen molar-refractivity contribution in [1.82, 2.24) is 0 Å². The topological polar surface area (TPSA) is 69.6 Å². The minimum absolute atomic E-state index is 0.0149. The van der Waals surface area contributed by atoms with Crippen molar-refractivity contribution in [2.24, 2.45) is 0 Å². The number of benzene rings is 1. The SMILES string of the molecule is O=C(Nc1ccccc1)C1=CCC(O)(O)C=C1. The van der Waals surface area contributed by atoms with E-state index in [1.54, 1.807) is 12.1 Å².